The van der Waals surface area contributed by atoms with Crippen molar-refractivity contribution in [3.05, 3.63) is 0 Å². The second-order valence-electron chi connectivity index (χ2n) is 2.48. The summed E-state index contributed by atoms with van der Waals surface area (Å²) < 4.78 is 8.94. The average molecular weight is 206 g/mol. The third kappa shape index (κ3) is 6.45. The minimum Gasteiger partial charge on any atom is -0.469 e. The fourth-order valence-electron chi connectivity index (χ4n) is 0.646. The molecule has 0 aromatic heterocycles. The van der Waals surface area contributed by atoms with Gasteiger partial charge in [0.05, 0.1) is 26.4 Å². The van der Waals surface area contributed by atoms with Crippen LogP contribution in [0.15, 0.2) is 0 Å². The summed E-state index contributed by atoms with van der Waals surface area (Å²) >= 11 is 1.38. The summed E-state index contributed by atoms with van der Waals surface area (Å²) in [7, 11) is 2.69. The summed E-state index contributed by atoms with van der Waals surface area (Å²) in [6.07, 6.45) is 0.318. The molecule has 0 aliphatic carbocycles. The van der Waals surface area contributed by atoms with Crippen LogP contribution < -0.4 is 0 Å². The number of hydrogen-bond acceptors (Lipinski definition) is 5. The van der Waals surface area contributed by atoms with Gasteiger partial charge in [-0.1, -0.05) is 6.92 Å². The Morgan fingerprint density at radius 3 is 2.23 bits per heavy atom. The number of hydrogen-bond donors (Lipinski definition) is 0. The van der Waals surface area contributed by atoms with Gasteiger partial charge in [-0.25, -0.2) is 0 Å². The zero-order valence-corrected chi connectivity index (χ0v) is 8.85. The Hall–Kier alpha value is -0.710. The predicted molar refractivity (Wildman–Crippen MR) is 50.6 cm³/mol. The second-order valence-corrected chi connectivity index (χ2v) is 3.90. The van der Waals surface area contributed by atoms with Gasteiger partial charge in [-0.15, -0.1) is 11.8 Å². The van der Waals surface area contributed by atoms with E-state index in [0.717, 1.165) is 0 Å². The van der Waals surface area contributed by atoms with E-state index in [0.29, 0.717) is 6.42 Å². The van der Waals surface area contributed by atoms with Crippen molar-refractivity contribution >= 4 is 23.7 Å². The quantitative estimate of drug-likeness (QED) is 0.624. The van der Waals surface area contributed by atoms with Gasteiger partial charge in [-0.05, 0) is 0 Å². The van der Waals surface area contributed by atoms with Crippen molar-refractivity contribution in [2.45, 2.75) is 18.6 Å². The minimum atomic E-state index is -0.276. The summed E-state index contributed by atoms with van der Waals surface area (Å²) in [5, 5.41) is 0.0755. The molecule has 0 bridgehead atoms. The molecule has 5 heteroatoms. The van der Waals surface area contributed by atoms with Gasteiger partial charge in [0.1, 0.15) is 0 Å². The van der Waals surface area contributed by atoms with E-state index in [1.54, 1.807) is 0 Å². The lowest BCUT2D eigenvalue weighted by Crippen LogP contribution is -2.12. The first kappa shape index (κ1) is 12.3. The molecule has 0 spiro atoms. The van der Waals surface area contributed by atoms with Gasteiger partial charge in [-0.2, -0.15) is 0 Å². The Morgan fingerprint density at radius 2 is 1.77 bits per heavy atom. The molecule has 0 saturated heterocycles. The van der Waals surface area contributed by atoms with Gasteiger partial charge >= 0.3 is 11.9 Å². The van der Waals surface area contributed by atoms with E-state index >= 15 is 0 Å². The van der Waals surface area contributed by atoms with Gasteiger partial charge in [0.2, 0.25) is 0 Å². The number of ether oxygens (including phenoxy) is 2. The van der Waals surface area contributed by atoms with Crippen LogP contribution >= 0.6 is 11.8 Å². The lowest BCUT2D eigenvalue weighted by atomic mass is 10.3. The molecule has 0 aromatic carbocycles. The Morgan fingerprint density at radius 1 is 1.23 bits per heavy atom. The highest BCUT2D eigenvalue weighted by Crippen LogP contribution is 2.14. The number of thioether (sulfide) groups is 1. The van der Waals surface area contributed by atoms with E-state index in [2.05, 4.69) is 9.47 Å². The van der Waals surface area contributed by atoms with E-state index < -0.39 is 0 Å². The summed E-state index contributed by atoms with van der Waals surface area (Å²) in [6.45, 7) is 1.87. The van der Waals surface area contributed by atoms with Crippen LogP contribution in [0.25, 0.3) is 0 Å². The summed E-state index contributed by atoms with van der Waals surface area (Å²) in [6, 6.07) is 0. The molecule has 1 atom stereocenters. The highest BCUT2D eigenvalue weighted by molar-refractivity contribution is 8.00. The first-order valence-corrected chi connectivity index (χ1v) is 4.90. The standard InChI is InChI=1S/C8H14O4S/c1-6(4-7(9)11-2)13-5-8(10)12-3/h6H,4-5H2,1-3H3/t6-/m1/s1. The molecule has 0 radical (unpaired) electrons. The highest BCUT2D eigenvalue weighted by Gasteiger charge is 2.11. The van der Waals surface area contributed by atoms with Crippen molar-refractivity contribution in [2.75, 3.05) is 20.0 Å². The number of carbonyl (C=O) groups excluding carboxylic acids is 2. The lowest BCUT2D eigenvalue weighted by molar-refractivity contribution is -0.140. The SMILES string of the molecule is COC(=O)CS[C@H](C)CC(=O)OC. The Balaban J connectivity index is 3.56. The summed E-state index contributed by atoms with van der Waals surface area (Å²) in [5.41, 5.74) is 0. The van der Waals surface area contributed by atoms with Crippen LogP contribution in [0, 0.1) is 0 Å². The van der Waals surface area contributed by atoms with Crippen LogP contribution in [-0.4, -0.2) is 37.2 Å². The number of esters is 2. The second kappa shape index (κ2) is 6.77. The van der Waals surface area contributed by atoms with Crippen molar-refractivity contribution in [3.8, 4) is 0 Å². The molecule has 0 aliphatic rings. The largest absolute Gasteiger partial charge is 0.469 e. The number of rotatable bonds is 5. The fraction of sp³-hybridized carbons (Fsp3) is 0.750. The molecule has 4 nitrogen and oxygen atoms in total. The van der Waals surface area contributed by atoms with Crippen molar-refractivity contribution in [3.63, 3.8) is 0 Å². The van der Waals surface area contributed by atoms with E-state index in [9.17, 15) is 9.59 Å². The zero-order chi connectivity index (χ0) is 10.3. The predicted octanol–water partition coefficient (Wildman–Crippen LogP) is 0.844. The van der Waals surface area contributed by atoms with Crippen molar-refractivity contribution in [1.82, 2.24) is 0 Å². The first-order valence-electron chi connectivity index (χ1n) is 3.85. The van der Waals surface area contributed by atoms with E-state index in [1.807, 2.05) is 6.92 Å². The summed E-state index contributed by atoms with van der Waals surface area (Å²) in [5.74, 6) is -0.263. The molecule has 0 rings (SSSR count). The average Bonchev–Trinajstić information content (AvgIpc) is 2.13. The van der Waals surface area contributed by atoms with E-state index in [4.69, 9.17) is 0 Å². The van der Waals surface area contributed by atoms with Crippen molar-refractivity contribution in [2.24, 2.45) is 0 Å². The van der Waals surface area contributed by atoms with Crippen LogP contribution in [0.2, 0.25) is 0 Å². The number of methoxy groups -OCH3 is 2. The topological polar surface area (TPSA) is 52.6 Å². The fourth-order valence-corrected chi connectivity index (χ4v) is 1.44. The maximum Gasteiger partial charge on any atom is 0.315 e. The van der Waals surface area contributed by atoms with Crippen molar-refractivity contribution in [1.29, 1.82) is 0 Å². The molecular formula is C8H14O4S. The van der Waals surface area contributed by atoms with Gasteiger partial charge in [0.15, 0.2) is 0 Å². The molecule has 0 saturated carbocycles. The van der Waals surface area contributed by atoms with Crippen LogP contribution in [0.4, 0.5) is 0 Å². The third-order valence-electron chi connectivity index (χ3n) is 1.40. The van der Waals surface area contributed by atoms with Crippen LogP contribution in [0.1, 0.15) is 13.3 Å². The normalized spacial score (nSPS) is 11.9. The van der Waals surface area contributed by atoms with Gasteiger partial charge in [-0.3, -0.25) is 9.59 Å². The lowest BCUT2D eigenvalue weighted by Gasteiger charge is -2.07. The number of carbonyl (C=O) groups is 2. The van der Waals surface area contributed by atoms with Gasteiger partial charge in [0, 0.05) is 5.25 Å². The molecular weight excluding hydrogens is 192 g/mol. The van der Waals surface area contributed by atoms with Crippen LogP contribution in [-0.2, 0) is 19.1 Å². The van der Waals surface area contributed by atoms with E-state index in [1.165, 1.54) is 26.0 Å². The van der Waals surface area contributed by atoms with Crippen molar-refractivity contribution < 1.29 is 19.1 Å². The molecule has 0 N–H and O–H groups in total. The Bertz CT molecular complexity index is 181. The molecule has 0 aromatic rings. The summed E-state index contributed by atoms with van der Waals surface area (Å²) in [4.78, 5) is 21.5. The van der Waals surface area contributed by atoms with Gasteiger partial charge < -0.3 is 9.47 Å². The molecule has 76 valence electrons. The van der Waals surface area contributed by atoms with Crippen LogP contribution in [0.5, 0.6) is 0 Å². The first-order chi connectivity index (χ1) is 6.10. The zero-order valence-electron chi connectivity index (χ0n) is 8.03. The molecule has 13 heavy (non-hydrogen) atoms. The maximum absolute atomic E-state index is 10.8. The van der Waals surface area contributed by atoms with E-state index in [-0.39, 0.29) is 22.9 Å². The monoisotopic (exact) mass is 206 g/mol. The molecule has 0 amide bonds. The maximum atomic E-state index is 10.8. The Labute approximate surface area is 82.0 Å². The molecule has 0 aliphatic heterocycles. The van der Waals surface area contributed by atoms with Crippen LogP contribution in [0.3, 0.4) is 0 Å². The van der Waals surface area contributed by atoms with Gasteiger partial charge in [0.25, 0.3) is 0 Å². The molecule has 0 fully saturated rings. The molecule has 0 heterocycles. The Kier molecular flexibility index (Phi) is 6.40. The third-order valence-corrected chi connectivity index (χ3v) is 2.53. The smallest absolute Gasteiger partial charge is 0.315 e. The minimum absolute atomic E-state index is 0.0755. The molecule has 0 unspecified atom stereocenters. The highest BCUT2D eigenvalue weighted by atomic mass is 32.2.